The van der Waals surface area contributed by atoms with Gasteiger partial charge in [0.05, 0.1) is 0 Å². The number of nitrogens with zero attached hydrogens (tertiary/aromatic N) is 1. The second-order valence-electron chi connectivity index (χ2n) is 1.64. The van der Waals surface area contributed by atoms with Crippen LogP contribution in [0.4, 0.5) is 0 Å². The molecule has 0 spiro atoms. The van der Waals surface area contributed by atoms with Crippen LogP contribution in [0.15, 0.2) is 30.3 Å². The van der Waals surface area contributed by atoms with E-state index in [-0.39, 0.29) is 0 Å². The Morgan fingerprint density at radius 1 is 1.22 bits per heavy atom. The Labute approximate surface area is 62.8 Å². The van der Waals surface area contributed by atoms with Crippen molar-refractivity contribution in [3.05, 3.63) is 35.9 Å². The van der Waals surface area contributed by atoms with Crippen molar-refractivity contribution in [1.82, 2.24) is 4.02 Å². The molecule has 0 aliphatic heterocycles. The molecular weight excluding hydrogens is 178 g/mol. The largest absolute Gasteiger partial charge is 0.409 e. The highest BCUT2D eigenvalue weighted by Gasteiger charge is 1.88. The number of rotatable bonds is 1. The molecular formula is C7H6BrN+. The molecule has 2 heteroatoms. The third kappa shape index (κ3) is 1.98. The van der Waals surface area contributed by atoms with E-state index in [0.29, 0.717) is 0 Å². The van der Waals surface area contributed by atoms with E-state index < -0.39 is 0 Å². The van der Waals surface area contributed by atoms with Crippen molar-refractivity contribution in [1.29, 1.82) is 0 Å². The minimum absolute atomic E-state index is 1.11. The monoisotopic (exact) mass is 183 g/mol. The first-order valence-corrected chi connectivity index (χ1v) is 3.34. The molecule has 1 aromatic carbocycles. The summed E-state index contributed by atoms with van der Waals surface area (Å²) in [6.07, 6.45) is 1.75. The predicted molar refractivity (Wildman–Crippen MR) is 42.7 cm³/mol. The Balaban J connectivity index is 2.85. The van der Waals surface area contributed by atoms with Crippen molar-refractivity contribution in [3.8, 4) is 0 Å². The molecule has 1 radical (unpaired) electrons. The molecule has 45 valence electrons. The fourth-order valence-corrected chi connectivity index (χ4v) is 0.832. The molecule has 0 atom stereocenters. The highest BCUT2D eigenvalue weighted by atomic mass is 79.9. The first-order chi connectivity index (χ1) is 4.43. The molecule has 0 aliphatic carbocycles. The summed E-state index contributed by atoms with van der Waals surface area (Å²) in [5.41, 5.74) is 1.11. The lowest BCUT2D eigenvalue weighted by Crippen LogP contribution is -1.80. The van der Waals surface area contributed by atoms with Gasteiger partial charge in [-0.1, -0.05) is 18.2 Å². The van der Waals surface area contributed by atoms with Gasteiger partial charge in [-0.05, 0) is 12.1 Å². The molecule has 0 unspecified atom stereocenters. The maximum atomic E-state index is 3.69. The van der Waals surface area contributed by atoms with E-state index in [1.54, 1.807) is 6.21 Å². The van der Waals surface area contributed by atoms with E-state index in [1.165, 1.54) is 0 Å². The van der Waals surface area contributed by atoms with Crippen molar-refractivity contribution < 1.29 is 0 Å². The van der Waals surface area contributed by atoms with Crippen LogP contribution in [0.1, 0.15) is 5.56 Å². The smallest absolute Gasteiger partial charge is 0.0622 e. The van der Waals surface area contributed by atoms with Gasteiger partial charge in [0.15, 0.2) is 0 Å². The van der Waals surface area contributed by atoms with E-state index in [1.807, 2.05) is 30.3 Å². The van der Waals surface area contributed by atoms with E-state index in [4.69, 9.17) is 0 Å². The lowest BCUT2D eigenvalue weighted by Gasteiger charge is -1.80. The van der Waals surface area contributed by atoms with Gasteiger partial charge < -0.3 is 0 Å². The lowest BCUT2D eigenvalue weighted by molar-refractivity contribution is 1.64. The highest BCUT2D eigenvalue weighted by Crippen LogP contribution is 1.92. The Morgan fingerprint density at radius 2 is 1.89 bits per heavy atom. The fraction of sp³-hybridized carbons (Fsp3) is 0. The van der Waals surface area contributed by atoms with Gasteiger partial charge in [-0.15, -0.1) is 0 Å². The van der Waals surface area contributed by atoms with Gasteiger partial charge in [-0.2, -0.15) is 0 Å². The van der Waals surface area contributed by atoms with Crippen molar-refractivity contribution in [2.24, 2.45) is 0 Å². The van der Waals surface area contributed by atoms with Crippen LogP contribution >= 0.6 is 16.1 Å². The van der Waals surface area contributed by atoms with Crippen LogP contribution in [-0.4, -0.2) is 6.21 Å². The Morgan fingerprint density at radius 3 is 2.44 bits per heavy atom. The van der Waals surface area contributed by atoms with Crippen LogP contribution in [0.2, 0.25) is 0 Å². The van der Waals surface area contributed by atoms with Crippen LogP contribution < -0.4 is 4.02 Å². The molecule has 0 N–H and O–H groups in total. The molecule has 0 aliphatic rings. The van der Waals surface area contributed by atoms with Gasteiger partial charge in [0.1, 0.15) is 4.02 Å². The number of benzene rings is 1. The summed E-state index contributed by atoms with van der Waals surface area (Å²) >= 11 is 2.96. The van der Waals surface area contributed by atoms with Crippen LogP contribution in [0.3, 0.4) is 0 Å². The highest BCUT2D eigenvalue weighted by molar-refractivity contribution is 9.07. The normalized spacial score (nSPS) is 10.3. The summed E-state index contributed by atoms with van der Waals surface area (Å²) in [5.74, 6) is 0. The van der Waals surface area contributed by atoms with Crippen molar-refractivity contribution in [2.75, 3.05) is 0 Å². The molecule has 1 rings (SSSR count). The molecule has 0 bridgehead atoms. The van der Waals surface area contributed by atoms with E-state index in [9.17, 15) is 0 Å². The second-order valence-corrected chi connectivity index (χ2v) is 2.05. The summed E-state index contributed by atoms with van der Waals surface area (Å²) in [6, 6.07) is 9.91. The zero-order valence-electron chi connectivity index (χ0n) is 4.79. The molecule has 0 saturated carbocycles. The average molecular weight is 184 g/mol. The van der Waals surface area contributed by atoms with Crippen LogP contribution in [-0.2, 0) is 0 Å². The van der Waals surface area contributed by atoms with Gasteiger partial charge in [0.25, 0.3) is 6.21 Å². The fourth-order valence-electron chi connectivity index (χ4n) is 0.595. The van der Waals surface area contributed by atoms with Crippen molar-refractivity contribution >= 4 is 22.4 Å². The first kappa shape index (κ1) is 6.49. The third-order valence-electron chi connectivity index (χ3n) is 0.997. The standard InChI is InChI=1S/C7H6BrN/c8-9-6-7-4-2-1-3-5-7/h1-6H/q+1. The average Bonchev–Trinajstić information content (AvgIpc) is 1.91. The molecule has 0 fully saturated rings. The minimum Gasteiger partial charge on any atom is -0.0622 e. The van der Waals surface area contributed by atoms with Crippen LogP contribution in [0.5, 0.6) is 0 Å². The SMILES string of the molecule is Br[N+]=Cc1ccccc1. The molecule has 0 heterocycles. The molecule has 1 nitrogen and oxygen atoms in total. The summed E-state index contributed by atoms with van der Waals surface area (Å²) in [4.78, 5) is 0. The Kier molecular flexibility index (Phi) is 2.46. The Bertz CT molecular complexity index is 193. The van der Waals surface area contributed by atoms with Gasteiger partial charge >= 0.3 is 16.1 Å². The van der Waals surface area contributed by atoms with Crippen molar-refractivity contribution in [2.45, 2.75) is 0 Å². The van der Waals surface area contributed by atoms with Crippen LogP contribution in [0.25, 0.3) is 0 Å². The Hall–Kier alpha value is -0.630. The lowest BCUT2D eigenvalue weighted by atomic mass is 10.2. The number of halogens is 1. The van der Waals surface area contributed by atoms with Gasteiger partial charge in [-0.3, -0.25) is 0 Å². The number of hydrogen-bond donors (Lipinski definition) is 0. The molecule has 0 amide bonds. The van der Waals surface area contributed by atoms with Crippen molar-refractivity contribution in [3.63, 3.8) is 0 Å². The van der Waals surface area contributed by atoms with E-state index in [0.717, 1.165) is 5.56 Å². The summed E-state index contributed by atoms with van der Waals surface area (Å²) < 4.78 is 3.69. The molecule has 9 heavy (non-hydrogen) atoms. The third-order valence-corrected chi connectivity index (χ3v) is 1.20. The molecule has 0 saturated heterocycles. The predicted octanol–water partition coefficient (Wildman–Crippen LogP) is 1.75. The van der Waals surface area contributed by atoms with Gasteiger partial charge in [-0.25, -0.2) is 0 Å². The van der Waals surface area contributed by atoms with Gasteiger partial charge in [0.2, 0.25) is 0 Å². The number of hydrogen-bond acceptors (Lipinski definition) is 1. The summed E-state index contributed by atoms with van der Waals surface area (Å²) in [7, 11) is 0. The zero-order chi connectivity index (χ0) is 6.53. The maximum absolute atomic E-state index is 3.69. The summed E-state index contributed by atoms with van der Waals surface area (Å²) in [5, 5.41) is 0. The maximum Gasteiger partial charge on any atom is 0.409 e. The topological polar surface area (TPSA) is 14.1 Å². The molecule has 1 aromatic rings. The second kappa shape index (κ2) is 3.41. The minimum atomic E-state index is 1.11. The van der Waals surface area contributed by atoms with Gasteiger partial charge in [0, 0.05) is 5.56 Å². The van der Waals surface area contributed by atoms with E-state index >= 15 is 0 Å². The molecule has 0 aromatic heterocycles. The van der Waals surface area contributed by atoms with E-state index in [2.05, 4.69) is 20.2 Å². The summed E-state index contributed by atoms with van der Waals surface area (Å²) in [6.45, 7) is 0. The van der Waals surface area contributed by atoms with Crippen LogP contribution in [0, 0.1) is 0 Å². The quantitative estimate of drug-likeness (QED) is 0.590. The first-order valence-electron chi connectivity index (χ1n) is 2.63. The zero-order valence-corrected chi connectivity index (χ0v) is 6.38.